The fraction of sp³-hybridized carbons (Fsp3) is 0.375. The number of amides is 2. The molecule has 0 spiro atoms. The molecule has 1 unspecified atom stereocenters. The second-order valence-corrected chi connectivity index (χ2v) is 12.6. The zero-order valence-electron chi connectivity index (χ0n) is 24.0. The molecular formula is C32H39N3O5S. The van der Waals surface area contributed by atoms with Crippen molar-refractivity contribution in [2.24, 2.45) is 0 Å². The van der Waals surface area contributed by atoms with Crippen molar-refractivity contribution in [3.05, 3.63) is 95.6 Å². The molecule has 1 atom stereocenters. The Morgan fingerprint density at radius 3 is 2.15 bits per heavy atom. The number of benzene rings is 3. The summed E-state index contributed by atoms with van der Waals surface area (Å²) in [4.78, 5) is 29.6. The van der Waals surface area contributed by atoms with Gasteiger partial charge in [-0.05, 0) is 55.2 Å². The van der Waals surface area contributed by atoms with Crippen LogP contribution in [0.3, 0.4) is 0 Å². The van der Waals surface area contributed by atoms with E-state index in [9.17, 15) is 18.0 Å². The Labute approximate surface area is 243 Å². The Hall–Kier alpha value is -3.85. The minimum atomic E-state index is -3.82. The van der Waals surface area contributed by atoms with E-state index in [-0.39, 0.29) is 18.5 Å². The van der Waals surface area contributed by atoms with Gasteiger partial charge in [0.2, 0.25) is 21.8 Å². The first-order valence-electron chi connectivity index (χ1n) is 13.9. The van der Waals surface area contributed by atoms with Crippen molar-refractivity contribution in [2.45, 2.75) is 57.7 Å². The van der Waals surface area contributed by atoms with E-state index in [4.69, 9.17) is 4.74 Å². The second-order valence-electron chi connectivity index (χ2n) is 10.7. The van der Waals surface area contributed by atoms with Gasteiger partial charge in [-0.2, -0.15) is 0 Å². The van der Waals surface area contributed by atoms with Gasteiger partial charge in [0.1, 0.15) is 18.3 Å². The van der Waals surface area contributed by atoms with E-state index in [1.165, 1.54) is 12.0 Å². The second kappa shape index (κ2) is 13.7. The number of nitrogens with zero attached hydrogens (tertiary/aromatic N) is 2. The standard InChI is InChI=1S/C32H39N3O5S/c1-24-13-15-26(16-14-24)22-34(31(36)23-35(41(3,38)39)28-17-19-29(40-2)20-18-28)30(21-25-9-5-4-6-10-25)32(37)33-27-11-7-8-12-27/h4-6,9-10,13-20,27,30H,7-8,11-12,21-23H2,1-3H3,(H,33,37). The molecule has 0 aliphatic heterocycles. The molecule has 1 fully saturated rings. The number of rotatable bonds is 12. The molecule has 0 bridgehead atoms. The van der Waals surface area contributed by atoms with Gasteiger partial charge >= 0.3 is 0 Å². The molecule has 8 nitrogen and oxygen atoms in total. The molecular weight excluding hydrogens is 538 g/mol. The largest absolute Gasteiger partial charge is 0.497 e. The number of methoxy groups -OCH3 is 1. The molecule has 1 aliphatic rings. The number of sulfonamides is 1. The fourth-order valence-corrected chi connectivity index (χ4v) is 6.02. The van der Waals surface area contributed by atoms with Gasteiger partial charge in [-0.3, -0.25) is 13.9 Å². The molecule has 0 saturated heterocycles. The van der Waals surface area contributed by atoms with Crippen LogP contribution in [0.15, 0.2) is 78.9 Å². The summed E-state index contributed by atoms with van der Waals surface area (Å²) >= 11 is 0. The Kier molecular flexibility index (Phi) is 10.0. The molecule has 2 amide bonds. The summed E-state index contributed by atoms with van der Waals surface area (Å²) in [7, 11) is -2.30. The quantitative estimate of drug-likeness (QED) is 0.343. The number of anilines is 1. The maximum atomic E-state index is 14.2. The van der Waals surface area contributed by atoms with Gasteiger partial charge in [-0.15, -0.1) is 0 Å². The van der Waals surface area contributed by atoms with Crippen LogP contribution >= 0.6 is 0 Å². The number of carbonyl (C=O) groups is 2. The Balaban J connectivity index is 1.71. The van der Waals surface area contributed by atoms with Crippen LogP contribution in [0.2, 0.25) is 0 Å². The maximum absolute atomic E-state index is 14.2. The highest BCUT2D eigenvalue weighted by Gasteiger charge is 2.34. The minimum absolute atomic E-state index is 0.0731. The van der Waals surface area contributed by atoms with Crippen molar-refractivity contribution in [3.8, 4) is 5.75 Å². The molecule has 9 heteroatoms. The van der Waals surface area contributed by atoms with Crippen LogP contribution in [-0.2, 0) is 32.6 Å². The van der Waals surface area contributed by atoms with Crippen LogP contribution in [-0.4, -0.2) is 57.1 Å². The molecule has 0 aromatic heterocycles. The molecule has 1 aliphatic carbocycles. The van der Waals surface area contributed by atoms with Gasteiger partial charge < -0.3 is 15.0 Å². The van der Waals surface area contributed by atoms with E-state index < -0.39 is 28.5 Å². The average molecular weight is 578 g/mol. The van der Waals surface area contributed by atoms with Crippen molar-refractivity contribution in [1.82, 2.24) is 10.2 Å². The molecule has 3 aromatic carbocycles. The van der Waals surface area contributed by atoms with Gasteiger partial charge in [0.25, 0.3) is 0 Å². The summed E-state index contributed by atoms with van der Waals surface area (Å²) in [5, 5.41) is 3.18. The average Bonchev–Trinajstić information content (AvgIpc) is 3.47. The van der Waals surface area contributed by atoms with Gasteiger partial charge in [-0.25, -0.2) is 8.42 Å². The summed E-state index contributed by atoms with van der Waals surface area (Å²) in [6, 6.07) is 23.1. The zero-order valence-corrected chi connectivity index (χ0v) is 24.8. The third-order valence-electron chi connectivity index (χ3n) is 7.49. The van der Waals surface area contributed by atoms with E-state index in [0.29, 0.717) is 17.9 Å². The van der Waals surface area contributed by atoms with E-state index in [0.717, 1.165) is 52.9 Å². The highest BCUT2D eigenvalue weighted by Crippen LogP contribution is 2.24. The van der Waals surface area contributed by atoms with Gasteiger partial charge in [0, 0.05) is 19.0 Å². The van der Waals surface area contributed by atoms with Crippen LogP contribution in [0.1, 0.15) is 42.4 Å². The predicted octanol–water partition coefficient (Wildman–Crippen LogP) is 4.47. The molecule has 3 aromatic rings. The third-order valence-corrected chi connectivity index (χ3v) is 8.63. The van der Waals surface area contributed by atoms with Crippen LogP contribution in [0.25, 0.3) is 0 Å². The molecule has 0 radical (unpaired) electrons. The van der Waals surface area contributed by atoms with Crippen molar-refractivity contribution < 1.29 is 22.7 Å². The topological polar surface area (TPSA) is 96.0 Å². The van der Waals surface area contributed by atoms with Crippen molar-refractivity contribution in [1.29, 1.82) is 0 Å². The zero-order chi connectivity index (χ0) is 29.4. The van der Waals surface area contributed by atoms with Crippen LogP contribution < -0.4 is 14.4 Å². The van der Waals surface area contributed by atoms with E-state index >= 15 is 0 Å². The Morgan fingerprint density at radius 1 is 0.927 bits per heavy atom. The van der Waals surface area contributed by atoms with Gasteiger partial charge in [0.05, 0.1) is 19.1 Å². The van der Waals surface area contributed by atoms with Crippen molar-refractivity contribution in [3.63, 3.8) is 0 Å². The lowest BCUT2D eigenvalue weighted by atomic mass is 10.0. The first kappa shape index (κ1) is 30.1. The van der Waals surface area contributed by atoms with E-state index in [1.54, 1.807) is 24.3 Å². The number of aryl methyl sites for hydroxylation is 1. The molecule has 1 saturated carbocycles. The summed E-state index contributed by atoms with van der Waals surface area (Å²) in [6.45, 7) is 1.70. The number of hydrogen-bond acceptors (Lipinski definition) is 5. The summed E-state index contributed by atoms with van der Waals surface area (Å²) in [6.07, 6.45) is 5.32. The number of carbonyl (C=O) groups excluding carboxylic acids is 2. The Bertz CT molecular complexity index is 1400. The Morgan fingerprint density at radius 2 is 1.56 bits per heavy atom. The van der Waals surface area contributed by atoms with Crippen molar-refractivity contribution >= 4 is 27.5 Å². The van der Waals surface area contributed by atoms with Crippen LogP contribution in [0, 0.1) is 6.92 Å². The smallest absolute Gasteiger partial charge is 0.244 e. The predicted molar refractivity (Wildman–Crippen MR) is 161 cm³/mol. The lowest BCUT2D eigenvalue weighted by Gasteiger charge is -2.34. The highest BCUT2D eigenvalue weighted by molar-refractivity contribution is 7.92. The monoisotopic (exact) mass is 577 g/mol. The van der Waals surface area contributed by atoms with Gasteiger partial charge in [0.15, 0.2) is 0 Å². The van der Waals surface area contributed by atoms with Crippen LogP contribution in [0.5, 0.6) is 5.75 Å². The van der Waals surface area contributed by atoms with E-state index in [1.807, 2.05) is 61.5 Å². The van der Waals surface area contributed by atoms with E-state index in [2.05, 4.69) is 5.32 Å². The summed E-state index contributed by atoms with van der Waals surface area (Å²) in [5.74, 6) is -0.119. The number of nitrogens with one attached hydrogen (secondary N) is 1. The highest BCUT2D eigenvalue weighted by atomic mass is 32.2. The lowest BCUT2D eigenvalue weighted by Crippen LogP contribution is -2.54. The lowest BCUT2D eigenvalue weighted by molar-refractivity contribution is -0.140. The minimum Gasteiger partial charge on any atom is -0.497 e. The molecule has 0 heterocycles. The van der Waals surface area contributed by atoms with Gasteiger partial charge in [-0.1, -0.05) is 73.0 Å². The number of ether oxygens (including phenoxy) is 1. The molecule has 1 N–H and O–H groups in total. The van der Waals surface area contributed by atoms with Crippen molar-refractivity contribution in [2.75, 3.05) is 24.2 Å². The molecule has 218 valence electrons. The third kappa shape index (κ3) is 8.33. The summed E-state index contributed by atoms with van der Waals surface area (Å²) < 4.78 is 32.1. The number of hydrogen-bond donors (Lipinski definition) is 1. The molecule has 4 rings (SSSR count). The first-order valence-corrected chi connectivity index (χ1v) is 15.8. The normalized spacial score (nSPS) is 14.3. The summed E-state index contributed by atoms with van der Waals surface area (Å²) in [5.41, 5.74) is 3.18. The maximum Gasteiger partial charge on any atom is 0.244 e. The first-order chi connectivity index (χ1) is 19.6. The van der Waals surface area contributed by atoms with Crippen LogP contribution in [0.4, 0.5) is 5.69 Å². The molecule has 41 heavy (non-hydrogen) atoms. The fourth-order valence-electron chi connectivity index (χ4n) is 5.17. The SMILES string of the molecule is COc1ccc(N(CC(=O)N(Cc2ccc(C)cc2)C(Cc2ccccc2)C(=O)NC2CCCC2)S(C)(=O)=O)cc1.